The minimum Gasteiger partial charge on any atom is -0.506 e. The normalized spacial score (nSPS) is 13.6. The summed E-state index contributed by atoms with van der Waals surface area (Å²) in [6.45, 7) is -1.17. The van der Waals surface area contributed by atoms with Gasteiger partial charge in [-0.1, -0.05) is 42.1 Å². The Morgan fingerprint density at radius 2 is 1.73 bits per heavy atom. The second-order valence-corrected chi connectivity index (χ2v) is 8.42. The van der Waals surface area contributed by atoms with Crippen molar-refractivity contribution in [2.24, 2.45) is 0 Å². The predicted octanol–water partition coefficient (Wildman–Crippen LogP) is 2.10. The molecule has 1 aliphatic rings. The van der Waals surface area contributed by atoms with E-state index in [-0.39, 0.29) is 17.6 Å². The molecule has 33 heavy (non-hydrogen) atoms. The van der Waals surface area contributed by atoms with E-state index in [0.29, 0.717) is 28.0 Å². The molecule has 2 amide bonds. The molecule has 3 rings (SSSR count). The zero-order valence-corrected chi connectivity index (χ0v) is 18.7. The molecule has 2 aromatic rings. The highest BCUT2D eigenvalue weighted by atomic mass is 35.5. The molecule has 0 atom stereocenters. The summed E-state index contributed by atoms with van der Waals surface area (Å²) in [5.41, 5.74) is -2.27. The van der Waals surface area contributed by atoms with Gasteiger partial charge in [0.05, 0.1) is 6.54 Å². The summed E-state index contributed by atoms with van der Waals surface area (Å²) >= 11 is 12.1. The average molecular weight is 498 g/mol. The molecule has 0 bridgehead atoms. The summed E-state index contributed by atoms with van der Waals surface area (Å²) in [5.74, 6) is -5.47. The van der Waals surface area contributed by atoms with Gasteiger partial charge in [-0.05, 0) is 30.5 Å². The summed E-state index contributed by atoms with van der Waals surface area (Å²) in [4.78, 5) is 49.4. The molecule has 1 heterocycles. The zero-order valence-electron chi connectivity index (χ0n) is 17.2. The summed E-state index contributed by atoms with van der Waals surface area (Å²) in [5, 5.41) is 35.3. The number of hydrogen-bond acceptors (Lipinski definition) is 6. The molecule has 1 aliphatic carbocycles. The number of carboxylic acid groups (broad SMARTS) is 1. The topological polar surface area (TPSA) is 158 Å². The molecular weight excluding hydrogens is 477 g/mol. The summed E-state index contributed by atoms with van der Waals surface area (Å²) in [7, 11) is 0. The van der Waals surface area contributed by atoms with Gasteiger partial charge in [-0.2, -0.15) is 0 Å². The smallest absolute Gasteiger partial charge is 0.322 e. The van der Waals surface area contributed by atoms with E-state index in [2.05, 4.69) is 5.32 Å². The Labute approximate surface area is 197 Å². The lowest BCUT2D eigenvalue weighted by Crippen LogP contribution is -2.39. The molecule has 0 aliphatic heterocycles. The van der Waals surface area contributed by atoms with Gasteiger partial charge in [0.25, 0.3) is 17.4 Å². The molecule has 1 aromatic heterocycles. The molecule has 0 saturated heterocycles. The van der Waals surface area contributed by atoms with E-state index in [0.717, 1.165) is 12.8 Å². The highest BCUT2D eigenvalue weighted by Crippen LogP contribution is 2.30. The fourth-order valence-electron chi connectivity index (χ4n) is 3.65. The van der Waals surface area contributed by atoms with Crippen LogP contribution in [-0.2, 0) is 11.3 Å². The van der Waals surface area contributed by atoms with Crippen molar-refractivity contribution < 1.29 is 29.7 Å². The van der Waals surface area contributed by atoms with Gasteiger partial charge in [0.2, 0.25) is 5.88 Å². The van der Waals surface area contributed by atoms with Gasteiger partial charge in [-0.25, -0.2) is 0 Å². The number of hydrogen-bond donors (Lipinski definition) is 5. The van der Waals surface area contributed by atoms with Crippen LogP contribution < -0.4 is 16.2 Å². The zero-order chi connectivity index (χ0) is 24.3. The second-order valence-electron chi connectivity index (χ2n) is 7.58. The quantitative estimate of drug-likeness (QED) is 0.391. The van der Waals surface area contributed by atoms with Crippen molar-refractivity contribution in [3.63, 3.8) is 0 Å². The number of aliphatic carboxylic acids is 1. The van der Waals surface area contributed by atoms with Gasteiger partial charge in [-0.3, -0.25) is 23.7 Å². The van der Waals surface area contributed by atoms with Crippen LogP contribution in [0, 0.1) is 0 Å². The Morgan fingerprint density at radius 1 is 1.06 bits per heavy atom. The van der Waals surface area contributed by atoms with Crippen molar-refractivity contribution in [1.29, 1.82) is 0 Å². The van der Waals surface area contributed by atoms with Gasteiger partial charge in [0, 0.05) is 16.1 Å². The number of nitrogens with zero attached hydrogens (tertiary/aromatic N) is 1. The van der Waals surface area contributed by atoms with Gasteiger partial charge >= 0.3 is 5.97 Å². The van der Waals surface area contributed by atoms with Crippen molar-refractivity contribution in [3.05, 3.63) is 55.3 Å². The average Bonchev–Trinajstić information content (AvgIpc) is 3.24. The lowest BCUT2D eigenvalue weighted by atomic mass is 10.1. The SMILES string of the molecule is O=C(O)CNC(=O)c1c(O)c(C(=O)NC2CCCC2)c(=O)n(Cc2ccc(Cl)cc2Cl)c1O. The number of carbonyl (C=O) groups excluding carboxylic acids is 2. The van der Waals surface area contributed by atoms with E-state index in [1.807, 2.05) is 5.32 Å². The number of amides is 2. The first-order chi connectivity index (χ1) is 15.6. The van der Waals surface area contributed by atoms with Crippen molar-refractivity contribution in [2.45, 2.75) is 38.3 Å². The molecule has 0 radical (unpaired) electrons. The first kappa shape index (κ1) is 24.4. The van der Waals surface area contributed by atoms with Gasteiger partial charge in [0.15, 0.2) is 5.75 Å². The number of rotatable bonds is 7. The molecular formula is C21H21Cl2N3O7. The van der Waals surface area contributed by atoms with E-state index < -0.39 is 52.6 Å². The third kappa shape index (κ3) is 5.40. The van der Waals surface area contributed by atoms with Crippen molar-refractivity contribution >= 4 is 41.0 Å². The number of pyridine rings is 1. The van der Waals surface area contributed by atoms with E-state index in [1.54, 1.807) is 0 Å². The highest BCUT2D eigenvalue weighted by molar-refractivity contribution is 6.35. The van der Waals surface area contributed by atoms with Crippen LogP contribution in [0.2, 0.25) is 10.0 Å². The third-order valence-corrected chi connectivity index (χ3v) is 5.89. The third-order valence-electron chi connectivity index (χ3n) is 5.30. The maximum atomic E-state index is 13.1. The van der Waals surface area contributed by atoms with Crippen LogP contribution in [0.4, 0.5) is 0 Å². The first-order valence-corrected chi connectivity index (χ1v) is 10.8. The highest BCUT2D eigenvalue weighted by Gasteiger charge is 2.31. The largest absolute Gasteiger partial charge is 0.506 e. The maximum absolute atomic E-state index is 13.1. The van der Waals surface area contributed by atoms with Crippen molar-refractivity contribution in [1.82, 2.24) is 15.2 Å². The second kappa shape index (κ2) is 10.1. The molecule has 0 unspecified atom stereocenters. The minimum absolute atomic E-state index is 0.163. The van der Waals surface area contributed by atoms with Crippen LogP contribution in [-0.4, -0.2) is 50.3 Å². The van der Waals surface area contributed by atoms with Crippen molar-refractivity contribution in [2.75, 3.05) is 6.54 Å². The molecule has 1 aromatic carbocycles. The van der Waals surface area contributed by atoms with E-state index in [1.165, 1.54) is 18.2 Å². The Bertz CT molecular complexity index is 1170. The Morgan fingerprint density at radius 3 is 2.33 bits per heavy atom. The number of carboxylic acids is 1. The van der Waals surface area contributed by atoms with Crippen LogP contribution in [0.3, 0.4) is 0 Å². The van der Waals surface area contributed by atoms with Gasteiger partial charge in [-0.15, -0.1) is 0 Å². The fraction of sp³-hybridized carbons (Fsp3) is 0.333. The molecule has 1 saturated carbocycles. The summed E-state index contributed by atoms with van der Waals surface area (Å²) in [6.07, 6.45) is 3.19. The van der Waals surface area contributed by atoms with E-state index in [4.69, 9.17) is 28.3 Å². The summed E-state index contributed by atoms with van der Waals surface area (Å²) in [6, 6.07) is 4.20. The summed E-state index contributed by atoms with van der Waals surface area (Å²) < 4.78 is 0.702. The monoisotopic (exact) mass is 497 g/mol. The van der Waals surface area contributed by atoms with Crippen LogP contribution in [0.25, 0.3) is 0 Å². The Hall–Kier alpha value is -3.24. The maximum Gasteiger partial charge on any atom is 0.322 e. The number of aromatic hydroxyl groups is 2. The van der Waals surface area contributed by atoms with Crippen LogP contribution in [0.1, 0.15) is 52.0 Å². The van der Waals surface area contributed by atoms with Gasteiger partial charge < -0.3 is 26.0 Å². The molecule has 10 nitrogen and oxygen atoms in total. The van der Waals surface area contributed by atoms with Gasteiger partial charge in [0.1, 0.15) is 17.7 Å². The van der Waals surface area contributed by atoms with Crippen molar-refractivity contribution in [3.8, 4) is 11.6 Å². The number of nitrogens with one attached hydrogen (secondary N) is 2. The Balaban J connectivity index is 2.12. The predicted molar refractivity (Wildman–Crippen MR) is 119 cm³/mol. The first-order valence-electron chi connectivity index (χ1n) is 10.0. The van der Waals surface area contributed by atoms with Crippen LogP contribution >= 0.6 is 23.2 Å². The molecule has 12 heteroatoms. The fourth-order valence-corrected chi connectivity index (χ4v) is 4.12. The molecule has 176 valence electrons. The lowest BCUT2D eigenvalue weighted by molar-refractivity contribution is -0.135. The Kier molecular flexibility index (Phi) is 7.50. The number of carbonyl (C=O) groups is 3. The minimum atomic E-state index is -1.37. The molecule has 5 N–H and O–H groups in total. The van der Waals surface area contributed by atoms with Crippen LogP contribution in [0.5, 0.6) is 11.6 Å². The van der Waals surface area contributed by atoms with E-state index >= 15 is 0 Å². The number of halogens is 2. The van der Waals surface area contributed by atoms with Crippen LogP contribution in [0.15, 0.2) is 23.0 Å². The molecule has 1 fully saturated rings. The standard InChI is InChI=1S/C21H21Cl2N3O7/c22-11-6-5-10(13(23)7-11)9-26-20(32)15(18(30)24-8-14(27)28)17(29)16(21(26)33)19(31)25-12-3-1-2-4-12/h5-7,12,29,32H,1-4,8-9H2,(H,24,30)(H,25,31)(H,27,28). The molecule has 0 spiro atoms. The van der Waals surface area contributed by atoms with E-state index in [9.17, 15) is 29.4 Å². The lowest BCUT2D eigenvalue weighted by Gasteiger charge is -2.18. The number of aromatic nitrogens is 1. The number of benzene rings is 1.